The number of ether oxygens (including phenoxy) is 2. The largest absolute Gasteiger partial charge is 0.453 e. The molecule has 1 aliphatic rings. The molecule has 2 unspecified atom stereocenters. The van der Waals surface area contributed by atoms with Gasteiger partial charge in [-0.3, -0.25) is 0 Å². The Labute approximate surface area is 63.1 Å². The highest BCUT2D eigenvalue weighted by molar-refractivity contribution is 7.80. The van der Waals surface area contributed by atoms with Crippen molar-refractivity contribution in [3.63, 3.8) is 0 Å². The summed E-state index contributed by atoms with van der Waals surface area (Å²) in [5.74, 6) is -0.488. The standard InChI is InChI=1S/C5H5NO3S/c6-1-3-4(9-3)5(7)8-2-10/h3-4,10H,2H2. The normalized spacial score (nSPS) is 28.8. The Kier molecular flexibility index (Phi) is 2.14. The number of carbonyl (C=O) groups is 1. The van der Waals surface area contributed by atoms with Crippen LogP contribution in [0.25, 0.3) is 0 Å². The molecule has 0 aromatic carbocycles. The van der Waals surface area contributed by atoms with Crippen LogP contribution in [-0.2, 0) is 14.3 Å². The molecule has 4 nitrogen and oxygen atoms in total. The fourth-order valence-corrected chi connectivity index (χ4v) is 0.663. The van der Waals surface area contributed by atoms with Gasteiger partial charge in [-0.1, -0.05) is 0 Å². The van der Waals surface area contributed by atoms with Gasteiger partial charge in [0.15, 0.2) is 12.2 Å². The second-order valence-electron chi connectivity index (χ2n) is 1.70. The highest BCUT2D eigenvalue weighted by Crippen LogP contribution is 2.21. The molecule has 0 spiro atoms. The summed E-state index contributed by atoms with van der Waals surface area (Å²) in [5.41, 5.74) is 0. The van der Waals surface area contributed by atoms with E-state index in [0.29, 0.717) is 0 Å². The molecule has 0 aromatic heterocycles. The van der Waals surface area contributed by atoms with Gasteiger partial charge in [0, 0.05) is 0 Å². The summed E-state index contributed by atoms with van der Waals surface area (Å²) in [7, 11) is 0. The average molecular weight is 159 g/mol. The first-order valence-corrected chi connectivity index (χ1v) is 3.25. The summed E-state index contributed by atoms with van der Waals surface area (Å²) in [5, 5.41) is 8.19. The molecule has 0 aromatic rings. The van der Waals surface area contributed by atoms with Crippen molar-refractivity contribution in [1.29, 1.82) is 5.26 Å². The van der Waals surface area contributed by atoms with Crippen molar-refractivity contribution < 1.29 is 14.3 Å². The van der Waals surface area contributed by atoms with E-state index in [2.05, 4.69) is 22.1 Å². The summed E-state index contributed by atoms with van der Waals surface area (Å²) in [6, 6.07) is 1.78. The smallest absolute Gasteiger partial charge is 0.340 e. The number of epoxide rings is 1. The number of esters is 1. The van der Waals surface area contributed by atoms with Crippen molar-refractivity contribution in [3.05, 3.63) is 0 Å². The first kappa shape index (κ1) is 7.38. The van der Waals surface area contributed by atoms with Crippen molar-refractivity contribution in [3.8, 4) is 6.07 Å². The molecule has 5 heteroatoms. The Bertz CT molecular complexity index is 188. The van der Waals surface area contributed by atoms with Crippen LogP contribution in [0, 0.1) is 11.3 Å². The number of rotatable bonds is 2. The minimum absolute atomic E-state index is 0.0246. The Morgan fingerprint density at radius 2 is 2.60 bits per heavy atom. The van der Waals surface area contributed by atoms with Crippen molar-refractivity contribution in [2.24, 2.45) is 0 Å². The molecule has 0 saturated carbocycles. The number of thiol groups is 1. The lowest BCUT2D eigenvalue weighted by molar-refractivity contribution is -0.142. The highest BCUT2D eigenvalue weighted by Gasteiger charge is 2.46. The van der Waals surface area contributed by atoms with Crippen LogP contribution in [0.4, 0.5) is 0 Å². The topological polar surface area (TPSA) is 62.6 Å². The molecular formula is C5H5NO3S. The van der Waals surface area contributed by atoms with Crippen LogP contribution >= 0.6 is 12.6 Å². The van der Waals surface area contributed by atoms with E-state index >= 15 is 0 Å². The Morgan fingerprint density at radius 3 is 3.00 bits per heavy atom. The van der Waals surface area contributed by atoms with Crippen molar-refractivity contribution >= 4 is 18.6 Å². The third-order valence-electron chi connectivity index (χ3n) is 1.06. The maximum Gasteiger partial charge on any atom is 0.340 e. The molecule has 1 fully saturated rings. The van der Waals surface area contributed by atoms with E-state index in [0.717, 1.165) is 0 Å². The maximum absolute atomic E-state index is 10.6. The fourth-order valence-electron chi connectivity index (χ4n) is 0.536. The van der Waals surface area contributed by atoms with Crippen molar-refractivity contribution in [2.75, 3.05) is 5.94 Å². The second kappa shape index (κ2) is 2.90. The van der Waals surface area contributed by atoms with Gasteiger partial charge >= 0.3 is 5.97 Å². The first-order valence-electron chi connectivity index (χ1n) is 2.62. The molecule has 0 amide bonds. The molecule has 0 radical (unpaired) electrons. The van der Waals surface area contributed by atoms with Gasteiger partial charge in [0.1, 0.15) is 5.94 Å². The fraction of sp³-hybridized carbons (Fsp3) is 0.600. The number of nitriles is 1. The predicted molar refractivity (Wildman–Crippen MR) is 34.2 cm³/mol. The highest BCUT2D eigenvalue weighted by atomic mass is 32.1. The molecule has 0 bridgehead atoms. The zero-order chi connectivity index (χ0) is 7.56. The first-order chi connectivity index (χ1) is 4.79. The van der Waals surface area contributed by atoms with Crippen LogP contribution in [0.1, 0.15) is 0 Å². The molecule has 0 N–H and O–H groups in total. The molecule has 54 valence electrons. The zero-order valence-corrected chi connectivity index (χ0v) is 5.88. The number of hydrogen-bond acceptors (Lipinski definition) is 5. The summed E-state index contributed by atoms with van der Waals surface area (Å²) in [4.78, 5) is 10.6. The van der Waals surface area contributed by atoms with E-state index in [-0.39, 0.29) is 5.94 Å². The van der Waals surface area contributed by atoms with Gasteiger partial charge in [0.2, 0.25) is 0 Å². The van der Waals surface area contributed by atoms with Gasteiger partial charge in [-0.05, 0) is 0 Å². The number of carbonyl (C=O) groups excluding carboxylic acids is 1. The lowest BCUT2D eigenvalue weighted by Gasteiger charge is -1.93. The van der Waals surface area contributed by atoms with Crippen LogP contribution in [0.5, 0.6) is 0 Å². The molecular weight excluding hydrogens is 154 g/mol. The van der Waals surface area contributed by atoms with E-state index in [1.165, 1.54) is 0 Å². The van der Waals surface area contributed by atoms with Gasteiger partial charge in [0.25, 0.3) is 0 Å². The maximum atomic E-state index is 10.6. The Morgan fingerprint density at radius 1 is 1.90 bits per heavy atom. The lowest BCUT2D eigenvalue weighted by Crippen LogP contribution is -2.12. The summed E-state index contributed by atoms with van der Waals surface area (Å²) in [6.07, 6.45) is -1.27. The van der Waals surface area contributed by atoms with E-state index in [1.54, 1.807) is 6.07 Å². The van der Waals surface area contributed by atoms with Crippen LogP contribution in [0.3, 0.4) is 0 Å². The molecule has 10 heavy (non-hydrogen) atoms. The SMILES string of the molecule is N#CC1OC1C(=O)OCS. The van der Waals surface area contributed by atoms with Gasteiger partial charge < -0.3 is 9.47 Å². The number of nitrogens with zero attached hydrogens (tertiary/aromatic N) is 1. The van der Waals surface area contributed by atoms with E-state index in [9.17, 15) is 4.79 Å². The van der Waals surface area contributed by atoms with Crippen molar-refractivity contribution in [2.45, 2.75) is 12.2 Å². The number of hydrogen-bond donors (Lipinski definition) is 1. The monoisotopic (exact) mass is 159 g/mol. The zero-order valence-electron chi connectivity index (χ0n) is 4.98. The second-order valence-corrected chi connectivity index (χ2v) is 1.96. The van der Waals surface area contributed by atoms with Gasteiger partial charge in [-0.15, -0.1) is 12.6 Å². The summed E-state index contributed by atoms with van der Waals surface area (Å²) in [6.45, 7) is 0. The minimum Gasteiger partial charge on any atom is -0.453 e. The summed E-state index contributed by atoms with van der Waals surface area (Å²) < 4.78 is 9.06. The third-order valence-corrected chi connectivity index (χ3v) is 1.19. The van der Waals surface area contributed by atoms with Gasteiger partial charge in [0.05, 0.1) is 6.07 Å². The van der Waals surface area contributed by atoms with Crippen molar-refractivity contribution in [1.82, 2.24) is 0 Å². The van der Waals surface area contributed by atoms with Crippen LogP contribution in [-0.4, -0.2) is 24.1 Å². The lowest BCUT2D eigenvalue weighted by atomic mass is 10.3. The van der Waals surface area contributed by atoms with E-state index in [1.807, 2.05) is 0 Å². The predicted octanol–water partition coefficient (Wildman–Crippen LogP) is -0.292. The van der Waals surface area contributed by atoms with Gasteiger partial charge in [-0.25, -0.2) is 4.79 Å². The molecule has 2 atom stereocenters. The molecule has 1 heterocycles. The quantitative estimate of drug-likeness (QED) is 0.260. The Hall–Kier alpha value is -0.730. The molecule has 1 rings (SSSR count). The average Bonchev–Trinajstić information content (AvgIpc) is 2.66. The third kappa shape index (κ3) is 1.40. The van der Waals surface area contributed by atoms with E-state index in [4.69, 9.17) is 5.26 Å². The van der Waals surface area contributed by atoms with Crippen LogP contribution < -0.4 is 0 Å². The minimum atomic E-state index is -0.669. The van der Waals surface area contributed by atoms with Crippen LogP contribution in [0.15, 0.2) is 0 Å². The van der Waals surface area contributed by atoms with E-state index < -0.39 is 18.2 Å². The summed E-state index contributed by atoms with van der Waals surface area (Å²) >= 11 is 3.66. The van der Waals surface area contributed by atoms with Crippen LogP contribution in [0.2, 0.25) is 0 Å². The molecule has 1 aliphatic heterocycles. The Balaban J connectivity index is 2.27. The molecule has 1 saturated heterocycles. The van der Waals surface area contributed by atoms with Gasteiger partial charge in [-0.2, -0.15) is 5.26 Å². The molecule has 0 aliphatic carbocycles.